The number of halogens is 2. The van der Waals surface area contributed by atoms with Crippen molar-refractivity contribution in [3.05, 3.63) is 35.1 Å². The summed E-state index contributed by atoms with van der Waals surface area (Å²) in [7, 11) is 0. The Kier molecular flexibility index (Phi) is 3.87. The molecule has 3 N–H and O–H groups in total. The topological polar surface area (TPSA) is 58.6 Å². The fourth-order valence-electron chi connectivity index (χ4n) is 3.56. The third kappa shape index (κ3) is 2.20. The van der Waals surface area contributed by atoms with E-state index < -0.39 is 23.3 Å². The van der Waals surface area contributed by atoms with E-state index in [9.17, 15) is 13.9 Å². The molecule has 0 saturated heterocycles. The molecule has 3 rings (SSSR count). The van der Waals surface area contributed by atoms with Gasteiger partial charge in [-0.2, -0.15) is 0 Å². The molecule has 0 bridgehead atoms. The van der Waals surface area contributed by atoms with E-state index in [-0.39, 0.29) is 23.6 Å². The van der Waals surface area contributed by atoms with Gasteiger partial charge >= 0.3 is 0 Å². The van der Waals surface area contributed by atoms with E-state index in [4.69, 9.17) is 12.2 Å². The van der Waals surface area contributed by atoms with Crippen LogP contribution in [0.15, 0.2) is 23.2 Å². The van der Waals surface area contributed by atoms with Gasteiger partial charge in [0.05, 0.1) is 24.1 Å². The summed E-state index contributed by atoms with van der Waals surface area (Å²) in [4.78, 5) is 4.33. The van der Waals surface area contributed by atoms with Gasteiger partial charge in [-0.25, -0.2) is 4.39 Å². The van der Waals surface area contributed by atoms with Gasteiger partial charge in [-0.3, -0.25) is 9.38 Å². The molecule has 1 aliphatic heterocycles. The van der Waals surface area contributed by atoms with Crippen LogP contribution >= 0.6 is 11.8 Å². The number of amidine groups is 1. The number of aliphatic imine (C=N–C) groups is 1. The van der Waals surface area contributed by atoms with Crippen molar-refractivity contribution in [1.82, 2.24) is 0 Å². The average molecular weight is 322 g/mol. The van der Waals surface area contributed by atoms with Crippen molar-refractivity contribution in [1.29, 1.82) is 0 Å². The molecule has 1 aliphatic carbocycles. The molecule has 0 amide bonds. The van der Waals surface area contributed by atoms with Gasteiger partial charge in [0.15, 0.2) is 5.17 Å². The second-order valence-corrected chi connectivity index (χ2v) is 7.20. The Morgan fingerprint density at radius 1 is 1.55 bits per heavy atom. The SMILES string of the molecule is C#Cc1ccc(F)c(C2N=C(N)S[C@@]3(CO)C[C@@H](CF)C23)c1. The number of aliphatic hydroxyl groups is 1. The predicted molar refractivity (Wildman–Crippen MR) is 83.7 cm³/mol. The summed E-state index contributed by atoms with van der Waals surface area (Å²) >= 11 is 1.27. The number of alkyl halides is 1. The number of thioether (sulfide) groups is 1. The van der Waals surface area contributed by atoms with Crippen molar-refractivity contribution in [2.45, 2.75) is 17.2 Å². The summed E-state index contributed by atoms with van der Waals surface area (Å²) in [6.45, 7) is -0.655. The number of fused-ring (bicyclic) bond motifs is 1. The summed E-state index contributed by atoms with van der Waals surface area (Å²) in [5, 5.41) is 10.0. The van der Waals surface area contributed by atoms with Crippen molar-refractivity contribution in [3.8, 4) is 12.3 Å². The minimum absolute atomic E-state index is 0.137. The first-order chi connectivity index (χ1) is 10.5. The molecular weight excluding hydrogens is 306 g/mol. The lowest BCUT2D eigenvalue weighted by molar-refractivity contribution is 0.0187. The highest BCUT2D eigenvalue weighted by molar-refractivity contribution is 8.15. The zero-order chi connectivity index (χ0) is 15.9. The number of rotatable bonds is 3. The Hall–Kier alpha value is -1.58. The Balaban J connectivity index is 2.08. The van der Waals surface area contributed by atoms with Gasteiger partial charge in [-0.15, -0.1) is 6.42 Å². The smallest absolute Gasteiger partial charge is 0.155 e. The lowest BCUT2D eigenvalue weighted by atomic mass is 9.60. The molecule has 2 unspecified atom stereocenters. The van der Waals surface area contributed by atoms with Gasteiger partial charge in [0.25, 0.3) is 0 Å². The predicted octanol–water partition coefficient (Wildman–Crippen LogP) is 2.25. The quantitative estimate of drug-likeness (QED) is 0.839. The third-order valence-corrected chi connectivity index (χ3v) is 5.87. The van der Waals surface area contributed by atoms with E-state index in [0.29, 0.717) is 17.5 Å². The van der Waals surface area contributed by atoms with Gasteiger partial charge in [0.1, 0.15) is 5.82 Å². The maximum atomic E-state index is 14.3. The highest BCUT2D eigenvalue weighted by Crippen LogP contribution is 2.61. The van der Waals surface area contributed by atoms with Gasteiger partial charge in [-0.05, 0) is 30.5 Å². The minimum atomic E-state index is -0.615. The fourth-order valence-corrected chi connectivity index (χ4v) is 4.96. The summed E-state index contributed by atoms with van der Waals surface area (Å²) < 4.78 is 26.9. The van der Waals surface area contributed by atoms with Crippen molar-refractivity contribution in [2.24, 2.45) is 22.6 Å². The molecule has 3 nitrogen and oxygen atoms in total. The molecule has 0 spiro atoms. The lowest BCUT2D eigenvalue weighted by Gasteiger charge is -2.57. The largest absolute Gasteiger partial charge is 0.395 e. The van der Waals surface area contributed by atoms with E-state index in [0.717, 1.165) is 0 Å². The Labute approximate surface area is 132 Å². The number of aliphatic hydroxyl groups excluding tert-OH is 1. The molecule has 0 radical (unpaired) electrons. The zero-order valence-electron chi connectivity index (χ0n) is 11.8. The maximum Gasteiger partial charge on any atom is 0.155 e. The molecule has 1 saturated carbocycles. The molecule has 116 valence electrons. The molecule has 0 aromatic heterocycles. The molecule has 2 aliphatic rings. The number of hydrogen-bond acceptors (Lipinski definition) is 4. The van der Waals surface area contributed by atoms with Crippen LogP contribution in [0.25, 0.3) is 0 Å². The molecule has 1 fully saturated rings. The number of nitrogens with two attached hydrogens (primary N) is 1. The standard InChI is InChI=1S/C16H16F2N2OS/c1-2-9-3-4-12(18)11(5-9)14-13-10(7-17)6-16(13,8-21)22-15(19)20-14/h1,3-5,10,13-14,21H,6-8H2,(H2,19,20)/t10-,13?,14?,16+/m0/s1. The number of hydrogen-bond donors (Lipinski definition) is 2. The van der Waals surface area contributed by atoms with Crippen molar-refractivity contribution < 1.29 is 13.9 Å². The molecule has 4 atom stereocenters. The zero-order valence-corrected chi connectivity index (χ0v) is 12.6. The molecular formula is C16H16F2N2OS. The van der Waals surface area contributed by atoms with Crippen LogP contribution < -0.4 is 5.73 Å². The van der Waals surface area contributed by atoms with Crippen LogP contribution in [-0.4, -0.2) is 28.3 Å². The molecule has 6 heteroatoms. The number of nitrogens with zero attached hydrogens (tertiary/aromatic N) is 1. The minimum Gasteiger partial charge on any atom is -0.395 e. The van der Waals surface area contributed by atoms with Gasteiger partial charge < -0.3 is 10.8 Å². The monoisotopic (exact) mass is 322 g/mol. The van der Waals surface area contributed by atoms with E-state index in [2.05, 4.69) is 10.9 Å². The fraction of sp³-hybridized carbons (Fsp3) is 0.438. The lowest BCUT2D eigenvalue weighted by Crippen LogP contribution is -2.59. The van der Waals surface area contributed by atoms with Crippen LogP contribution in [0.4, 0.5) is 8.78 Å². The van der Waals surface area contributed by atoms with Crippen LogP contribution in [0.2, 0.25) is 0 Å². The van der Waals surface area contributed by atoms with Gasteiger partial charge in [0, 0.05) is 17.0 Å². The van der Waals surface area contributed by atoms with E-state index in [1.54, 1.807) is 6.07 Å². The second-order valence-electron chi connectivity index (χ2n) is 5.76. The first-order valence-electron chi connectivity index (χ1n) is 7.00. The number of terminal acetylenes is 1. The summed E-state index contributed by atoms with van der Waals surface area (Å²) in [5.74, 6) is 1.48. The highest BCUT2D eigenvalue weighted by Gasteiger charge is 2.60. The van der Waals surface area contributed by atoms with Crippen LogP contribution in [0.3, 0.4) is 0 Å². The van der Waals surface area contributed by atoms with E-state index in [1.807, 2.05) is 0 Å². The van der Waals surface area contributed by atoms with Gasteiger partial charge in [-0.1, -0.05) is 17.7 Å². The Morgan fingerprint density at radius 2 is 2.32 bits per heavy atom. The van der Waals surface area contributed by atoms with Crippen LogP contribution in [0.1, 0.15) is 23.6 Å². The van der Waals surface area contributed by atoms with Crippen LogP contribution in [0.5, 0.6) is 0 Å². The summed E-state index contributed by atoms with van der Waals surface area (Å²) in [5.41, 5.74) is 6.72. The Morgan fingerprint density at radius 3 is 2.95 bits per heavy atom. The summed E-state index contributed by atoms with van der Waals surface area (Å²) in [6, 6.07) is 3.75. The normalized spacial score (nSPS) is 33.4. The first-order valence-corrected chi connectivity index (χ1v) is 7.81. The van der Waals surface area contributed by atoms with E-state index in [1.165, 1.54) is 23.9 Å². The van der Waals surface area contributed by atoms with Gasteiger partial charge in [0.2, 0.25) is 0 Å². The van der Waals surface area contributed by atoms with Crippen molar-refractivity contribution in [3.63, 3.8) is 0 Å². The molecule has 1 aromatic carbocycles. The van der Waals surface area contributed by atoms with Crippen molar-refractivity contribution in [2.75, 3.05) is 13.3 Å². The molecule has 1 heterocycles. The van der Waals surface area contributed by atoms with E-state index >= 15 is 0 Å². The maximum absolute atomic E-state index is 14.3. The highest BCUT2D eigenvalue weighted by atomic mass is 32.2. The van der Waals surface area contributed by atoms with Crippen LogP contribution in [-0.2, 0) is 0 Å². The molecule has 22 heavy (non-hydrogen) atoms. The summed E-state index contributed by atoms with van der Waals surface area (Å²) in [6.07, 6.45) is 5.88. The average Bonchev–Trinajstić information content (AvgIpc) is 2.50. The second kappa shape index (κ2) is 5.56. The first kappa shape index (κ1) is 15.3. The van der Waals surface area contributed by atoms with Crippen molar-refractivity contribution >= 4 is 16.9 Å². The third-order valence-electron chi connectivity index (χ3n) is 4.58. The molecule has 1 aromatic rings. The Bertz CT molecular complexity index is 673. The number of benzene rings is 1. The van der Waals surface area contributed by atoms with Crippen LogP contribution in [0, 0.1) is 30.0 Å².